The highest BCUT2D eigenvalue weighted by atomic mass is 19.1. The molecule has 62 valence electrons. The minimum atomic E-state index is -0.349. The summed E-state index contributed by atoms with van der Waals surface area (Å²) in [5, 5.41) is 10.4. The number of rotatable bonds is 4. The minimum Gasteiger partial charge on any atom is -0.320 e. The Balaban J connectivity index is 2.32. The Morgan fingerprint density at radius 1 is 1.73 bits per heavy atom. The number of nitrogens with one attached hydrogen (secondary N) is 1. The molecule has 0 aliphatic rings. The molecular weight excluding hydrogens is 147 g/mol. The van der Waals surface area contributed by atoms with Crippen molar-refractivity contribution < 1.29 is 4.39 Å². The summed E-state index contributed by atoms with van der Waals surface area (Å²) in [7, 11) is 1.85. The number of aryl methyl sites for hydroxylation is 1. The largest absolute Gasteiger partial charge is 0.320 e. The standard InChI is InChI=1S/C6H11FN4/c1-11-5-9-10-6(11)4-8-3-2-7/h5,8H,2-4H2,1H3. The average molecular weight is 158 g/mol. The first-order valence-electron chi connectivity index (χ1n) is 3.44. The molecule has 1 rings (SSSR count). The van der Waals surface area contributed by atoms with Crippen LogP contribution >= 0.6 is 0 Å². The first-order chi connectivity index (χ1) is 5.34. The first kappa shape index (κ1) is 8.13. The zero-order valence-electron chi connectivity index (χ0n) is 6.42. The minimum absolute atomic E-state index is 0.349. The fourth-order valence-corrected chi connectivity index (χ4v) is 0.734. The highest BCUT2D eigenvalue weighted by Gasteiger charge is 1.97. The molecule has 0 aromatic carbocycles. The van der Waals surface area contributed by atoms with Gasteiger partial charge in [0, 0.05) is 13.6 Å². The summed E-state index contributed by atoms with van der Waals surface area (Å²) in [6.45, 7) is 0.588. The van der Waals surface area contributed by atoms with E-state index in [1.807, 2.05) is 7.05 Å². The molecular formula is C6H11FN4. The van der Waals surface area contributed by atoms with Crippen LogP contribution in [-0.4, -0.2) is 28.0 Å². The van der Waals surface area contributed by atoms with Crippen LogP contribution in [0.1, 0.15) is 5.82 Å². The van der Waals surface area contributed by atoms with Gasteiger partial charge in [0.05, 0.1) is 6.54 Å². The van der Waals surface area contributed by atoms with Gasteiger partial charge in [-0.25, -0.2) is 4.39 Å². The lowest BCUT2D eigenvalue weighted by molar-refractivity contribution is 0.462. The van der Waals surface area contributed by atoms with E-state index in [1.54, 1.807) is 10.9 Å². The van der Waals surface area contributed by atoms with Crippen molar-refractivity contribution in [3.05, 3.63) is 12.2 Å². The lowest BCUT2D eigenvalue weighted by atomic mass is 10.5. The van der Waals surface area contributed by atoms with Gasteiger partial charge in [-0.2, -0.15) is 0 Å². The molecule has 11 heavy (non-hydrogen) atoms. The van der Waals surface area contributed by atoms with Crippen molar-refractivity contribution in [1.29, 1.82) is 0 Å². The molecule has 1 aromatic rings. The number of halogens is 1. The third-order valence-electron chi connectivity index (χ3n) is 1.36. The number of nitrogens with zero attached hydrogens (tertiary/aromatic N) is 3. The topological polar surface area (TPSA) is 42.7 Å². The summed E-state index contributed by atoms with van der Waals surface area (Å²) in [4.78, 5) is 0. The lowest BCUT2D eigenvalue weighted by Gasteiger charge is -1.99. The average Bonchev–Trinajstić information content (AvgIpc) is 2.37. The molecule has 0 saturated heterocycles. The molecule has 0 bridgehead atoms. The molecule has 1 N–H and O–H groups in total. The van der Waals surface area contributed by atoms with E-state index in [0.717, 1.165) is 5.82 Å². The first-order valence-corrected chi connectivity index (χ1v) is 3.44. The van der Waals surface area contributed by atoms with Crippen molar-refractivity contribution >= 4 is 0 Å². The van der Waals surface area contributed by atoms with Gasteiger partial charge >= 0.3 is 0 Å². The Labute approximate surface area is 64.4 Å². The zero-order chi connectivity index (χ0) is 8.10. The molecule has 0 amide bonds. The van der Waals surface area contributed by atoms with E-state index in [-0.39, 0.29) is 6.67 Å². The fraction of sp³-hybridized carbons (Fsp3) is 0.667. The highest BCUT2D eigenvalue weighted by molar-refractivity contribution is 4.82. The predicted octanol–water partition coefficient (Wildman–Crippen LogP) is -0.126. The summed E-state index contributed by atoms with van der Waals surface area (Å²) in [5.41, 5.74) is 0. The lowest BCUT2D eigenvalue weighted by Crippen LogP contribution is -2.18. The molecule has 0 aliphatic heterocycles. The molecule has 4 nitrogen and oxygen atoms in total. The summed E-state index contributed by atoms with van der Waals surface area (Å²) < 4.78 is 13.4. The molecule has 0 unspecified atom stereocenters. The van der Waals surface area contributed by atoms with Crippen LogP contribution in [0.4, 0.5) is 4.39 Å². The van der Waals surface area contributed by atoms with E-state index < -0.39 is 0 Å². The fourth-order valence-electron chi connectivity index (χ4n) is 0.734. The van der Waals surface area contributed by atoms with Gasteiger partial charge in [0.2, 0.25) is 0 Å². The summed E-state index contributed by atoms with van der Waals surface area (Å²) >= 11 is 0. The second kappa shape index (κ2) is 4.02. The van der Waals surface area contributed by atoms with Crippen molar-refractivity contribution in [3.63, 3.8) is 0 Å². The predicted molar refractivity (Wildman–Crippen MR) is 38.7 cm³/mol. The maximum atomic E-state index is 11.6. The van der Waals surface area contributed by atoms with E-state index in [1.165, 1.54) is 0 Å². The van der Waals surface area contributed by atoms with Gasteiger partial charge in [0.25, 0.3) is 0 Å². The van der Waals surface area contributed by atoms with Crippen LogP contribution in [0.3, 0.4) is 0 Å². The summed E-state index contributed by atoms with van der Waals surface area (Å²) in [6.07, 6.45) is 1.62. The Kier molecular flexibility index (Phi) is 2.97. The van der Waals surface area contributed by atoms with Crippen LogP contribution in [0, 0.1) is 0 Å². The van der Waals surface area contributed by atoms with Gasteiger partial charge in [-0.3, -0.25) is 0 Å². The van der Waals surface area contributed by atoms with Crippen molar-refractivity contribution in [2.24, 2.45) is 7.05 Å². The summed E-state index contributed by atoms with van der Waals surface area (Å²) in [6, 6.07) is 0. The highest BCUT2D eigenvalue weighted by Crippen LogP contribution is 1.88. The molecule has 0 atom stereocenters. The van der Waals surface area contributed by atoms with Gasteiger partial charge in [-0.15, -0.1) is 10.2 Å². The second-order valence-electron chi connectivity index (χ2n) is 2.22. The van der Waals surface area contributed by atoms with E-state index in [2.05, 4.69) is 15.5 Å². The molecule has 5 heteroatoms. The van der Waals surface area contributed by atoms with Gasteiger partial charge in [0.15, 0.2) is 0 Å². The summed E-state index contributed by atoms with van der Waals surface area (Å²) in [5.74, 6) is 0.818. The Hall–Kier alpha value is -0.970. The van der Waals surface area contributed by atoms with E-state index >= 15 is 0 Å². The van der Waals surface area contributed by atoms with Crippen molar-refractivity contribution in [2.75, 3.05) is 13.2 Å². The molecule has 1 aromatic heterocycles. The molecule has 0 aliphatic carbocycles. The Morgan fingerprint density at radius 2 is 2.55 bits per heavy atom. The smallest absolute Gasteiger partial charge is 0.146 e. The second-order valence-corrected chi connectivity index (χ2v) is 2.22. The van der Waals surface area contributed by atoms with E-state index in [4.69, 9.17) is 0 Å². The van der Waals surface area contributed by atoms with Crippen LogP contribution in [0.2, 0.25) is 0 Å². The van der Waals surface area contributed by atoms with Crippen LogP contribution in [0.15, 0.2) is 6.33 Å². The Morgan fingerprint density at radius 3 is 3.09 bits per heavy atom. The normalized spacial score (nSPS) is 10.4. The van der Waals surface area contributed by atoms with Gasteiger partial charge in [0.1, 0.15) is 18.8 Å². The monoisotopic (exact) mass is 158 g/mol. The number of hydrogen-bond acceptors (Lipinski definition) is 3. The molecule has 0 radical (unpaired) electrons. The molecule has 0 saturated carbocycles. The van der Waals surface area contributed by atoms with Crippen molar-refractivity contribution in [3.8, 4) is 0 Å². The third kappa shape index (κ3) is 2.27. The van der Waals surface area contributed by atoms with Gasteiger partial charge < -0.3 is 9.88 Å². The van der Waals surface area contributed by atoms with Crippen LogP contribution in [0.5, 0.6) is 0 Å². The van der Waals surface area contributed by atoms with Crippen LogP contribution in [-0.2, 0) is 13.6 Å². The molecule has 1 heterocycles. The number of hydrogen-bond donors (Lipinski definition) is 1. The number of alkyl halides is 1. The van der Waals surface area contributed by atoms with Crippen LogP contribution in [0.25, 0.3) is 0 Å². The number of aromatic nitrogens is 3. The van der Waals surface area contributed by atoms with Crippen molar-refractivity contribution in [1.82, 2.24) is 20.1 Å². The maximum absolute atomic E-state index is 11.6. The molecule has 0 fully saturated rings. The zero-order valence-corrected chi connectivity index (χ0v) is 6.42. The van der Waals surface area contributed by atoms with Crippen LogP contribution < -0.4 is 5.32 Å². The van der Waals surface area contributed by atoms with Crippen molar-refractivity contribution in [2.45, 2.75) is 6.54 Å². The van der Waals surface area contributed by atoms with Gasteiger partial charge in [-0.1, -0.05) is 0 Å². The maximum Gasteiger partial charge on any atom is 0.146 e. The molecule has 0 spiro atoms. The Bertz CT molecular complexity index is 210. The van der Waals surface area contributed by atoms with E-state index in [0.29, 0.717) is 13.1 Å². The third-order valence-corrected chi connectivity index (χ3v) is 1.36. The SMILES string of the molecule is Cn1cnnc1CNCCF. The van der Waals surface area contributed by atoms with Gasteiger partial charge in [-0.05, 0) is 0 Å². The quantitative estimate of drug-likeness (QED) is 0.621. The van der Waals surface area contributed by atoms with E-state index in [9.17, 15) is 4.39 Å².